The van der Waals surface area contributed by atoms with Crippen LogP contribution < -0.4 is 4.90 Å². The highest BCUT2D eigenvalue weighted by Crippen LogP contribution is 2.28. The zero-order valence-electron chi connectivity index (χ0n) is 23.2. The van der Waals surface area contributed by atoms with Crippen molar-refractivity contribution in [1.29, 1.82) is 0 Å². The Kier molecular flexibility index (Phi) is 8.09. The summed E-state index contributed by atoms with van der Waals surface area (Å²) in [6, 6.07) is 16.8. The predicted molar refractivity (Wildman–Crippen MR) is 154 cm³/mol. The number of carbonyl (C=O) groups is 1. The van der Waals surface area contributed by atoms with E-state index in [2.05, 4.69) is 66.3 Å². The van der Waals surface area contributed by atoms with Crippen molar-refractivity contribution in [1.82, 2.24) is 19.0 Å². The SMILES string of the molecule is CCn1cc(C(=O)N2CCC(Cc3ccccc3)CC2)c(S(=O)(=O)N2CCN(c3cc(C)ccc3C)CC2)n1. The predicted octanol–water partition coefficient (Wildman–Crippen LogP) is 4.13. The lowest BCUT2D eigenvalue weighted by Crippen LogP contribution is -2.49. The van der Waals surface area contributed by atoms with Crippen molar-refractivity contribution in [2.45, 2.75) is 51.6 Å². The van der Waals surface area contributed by atoms with Gasteiger partial charge in [-0.05, 0) is 68.7 Å². The first-order valence-corrected chi connectivity index (χ1v) is 15.4. The van der Waals surface area contributed by atoms with Crippen molar-refractivity contribution >= 4 is 21.6 Å². The number of carbonyl (C=O) groups excluding carboxylic acids is 1. The van der Waals surface area contributed by atoms with Crippen LogP contribution in [0.15, 0.2) is 59.8 Å². The van der Waals surface area contributed by atoms with Crippen LogP contribution in [0.4, 0.5) is 5.69 Å². The highest BCUT2D eigenvalue weighted by molar-refractivity contribution is 7.89. The van der Waals surface area contributed by atoms with Gasteiger partial charge >= 0.3 is 0 Å². The number of rotatable bonds is 7. The molecule has 1 aromatic heterocycles. The van der Waals surface area contributed by atoms with E-state index >= 15 is 0 Å². The van der Waals surface area contributed by atoms with Crippen LogP contribution >= 0.6 is 0 Å². The Hall–Kier alpha value is -3.17. The molecule has 9 heteroatoms. The molecule has 39 heavy (non-hydrogen) atoms. The molecule has 2 aromatic carbocycles. The van der Waals surface area contributed by atoms with Gasteiger partial charge in [-0.1, -0.05) is 42.5 Å². The Labute approximate surface area is 232 Å². The molecule has 3 aromatic rings. The van der Waals surface area contributed by atoms with Gasteiger partial charge in [0.05, 0.1) is 5.56 Å². The molecule has 0 unspecified atom stereocenters. The Balaban J connectivity index is 1.28. The minimum Gasteiger partial charge on any atom is -0.369 e. The molecule has 0 atom stereocenters. The van der Waals surface area contributed by atoms with Crippen LogP contribution in [-0.2, 0) is 23.0 Å². The third-order valence-electron chi connectivity index (χ3n) is 8.08. The molecule has 3 heterocycles. The molecule has 2 saturated heterocycles. The van der Waals surface area contributed by atoms with Crippen LogP contribution in [0, 0.1) is 19.8 Å². The molecule has 0 N–H and O–H groups in total. The monoisotopic (exact) mass is 549 g/mol. The van der Waals surface area contributed by atoms with Crippen LogP contribution in [0.3, 0.4) is 0 Å². The number of aryl methyl sites for hydroxylation is 3. The number of nitrogens with zero attached hydrogens (tertiary/aromatic N) is 5. The summed E-state index contributed by atoms with van der Waals surface area (Å²) >= 11 is 0. The molecule has 1 amide bonds. The van der Waals surface area contributed by atoms with Crippen LogP contribution in [0.2, 0.25) is 0 Å². The van der Waals surface area contributed by atoms with Gasteiger partial charge in [-0.25, -0.2) is 8.42 Å². The molecule has 208 valence electrons. The smallest absolute Gasteiger partial charge is 0.263 e. The number of sulfonamides is 1. The number of likely N-dealkylation sites (tertiary alicyclic amines) is 1. The lowest BCUT2D eigenvalue weighted by molar-refractivity contribution is 0.0686. The Bertz CT molecular complexity index is 1400. The largest absolute Gasteiger partial charge is 0.369 e. The zero-order valence-corrected chi connectivity index (χ0v) is 24.0. The van der Waals surface area contributed by atoms with Gasteiger partial charge in [0.1, 0.15) is 0 Å². The summed E-state index contributed by atoms with van der Waals surface area (Å²) in [6.45, 7) is 9.69. The number of hydrogen-bond donors (Lipinski definition) is 0. The van der Waals surface area contributed by atoms with E-state index in [1.165, 1.54) is 21.0 Å². The van der Waals surface area contributed by atoms with Crippen LogP contribution in [0.25, 0.3) is 0 Å². The maximum absolute atomic E-state index is 13.8. The number of piperazine rings is 1. The van der Waals surface area contributed by atoms with Crippen molar-refractivity contribution in [2.24, 2.45) is 5.92 Å². The lowest BCUT2D eigenvalue weighted by Gasteiger charge is -2.36. The molecular weight excluding hydrogens is 510 g/mol. The maximum Gasteiger partial charge on any atom is 0.263 e. The summed E-state index contributed by atoms with van der Waals surface area (Å²) in [5, 5.41) is 4.28. The third kappa shape index (κ3) is 5.89. The molecule has 0 radical (unpaired) electrons. The fourth-order valence-electron chi connectivity index (χ4n) is 5.71. The van der Waals surface area contributed by atoms with Crippen LogP contribution in [-0.4, -0.2) is 72.6 Å². The molecule has 0 bridgehead atoms. The number of anilines is 1. The van der Waals surface area contributed by atoms with E-state index in [4.69, 9.17) is 0 Å². The summed E-state index contributed by atoms with van der Waals surface area (Å²) in [6.07, 6.45) is 4.43. The molecule has 0 aliphatic carbocycles. The van der Waals surface area contributed by atoms with Gasteiger partial charge < -0.3 is 9.80 Å². The Morgan fingerprint density at radius 2 is 1.64 bits per heavy atom. The second kappa shape index (κ2) is 11.5. The fourth-order valence-corrected chi connectivity index (χ4v) is 7.23. The molecule has 8 nitrogen and oxygen atoms in total. The topological polar surface area (TPSA) is 78.8 Å². The average molecular weight is 550 g/mol. The fraction of sp³-hybridized carbons (Fsp3) is 0.467. The van der Waals surface area contributed by atoms with E-state index in [9.17, 15) is 13.2 Å². The highest BCUT2D eigenvalue weighted by Gasteiger charge is 2.36. The molecule has 0 saturated carbocycles. The van der Waals surface area contributed by atoms with Gasteiger partial charge in [0.2, 0.25) is 5.03 Å². The summed E-state index contributed by atoms with van der Waals surface area (Å²) in [5.74, 6) is 0.284. The molecule has 5 rings (SSSR count). The summed E-state index contributed by atoms with van der Waals surface area (Å²) < 4.78 is 30.7. The van der Waals surface area contributed by atoms with Gasteiger partial charge in [0, 0.05) is 57.7 Å². The first-order valence-electron chi connectivity index (χ1n) is 14.0. The molecule has 0 spiro atoms. The van der Waals surface area contributed by atoms with Crippen molar-refractivity contribution < 1.29 is 13.2 Å². The highest BCUT2D eigenvalue weighted by atomic mass is 32.2. The first-order chi connectivity index (χ1) is 18.8. The van der Waals surface area contributed by atoms with E-state index < -0.39 is 10.0 Å². The van der Waals surface area contributed by atoms with E-state index in [0.717, 1.165) is 24.9 Å². The second-order valence-electron chi connectivity index (χ2n) is 10.8. The number of benzene rings is 2. The Morgan fingerprint density at radius 3 is 2.31 bits per heavy atom. The van der Waals surface area contributed by atoms with Gasteiger partial charge in [0.15, 0.2) is 0 Å². The number of amides is 1. The van der Waals surface area contributed by atoms with E-state index in [0.29, 0.717) is 51.7 Å². The number of aromatic nitrogens is 2. The second-order valence-corrected chi connectivity index (χ2v) is 12.7. The average Bonchev–Trinajstić information content (AvgIpc) is 3.41. The van der Waals surface area contributed by atoms with Gasteiger partial charge in [-0.2, -0.15) is 9.40 Å². The first kappa shape index (κ1) is 27.4. The third-order valence-corrected chi connectivity index (χ3v) is 9.91. The number of hydrogen-bond acceptors (Lipinski definition) is 5. The zero-order chi connectivity index (χ0) is 27.6. The lowest BCUT2D eigenvalue weighted by atomic mass is 9.90. The standard InChI is InChI=1S/C30H39N5O3S/c1-4-34-22-27(30(36)33-14-12-26(13-15-33)21-25-8-6-5-7-9-25)29(31-34)39(37,38)35-18-16-32(17-19-35)28-20-23(2)10-11-24(28)3/h5-11,20,22,26H,4,12-19,21H2,1-3H3. The van der Waals surface area contributed by atoms with Gasteiger partial charge in [0.25, 0.3) is 15.9 Å². The molecule has 2 aliphatic rings. The minimum absolute atomic E-state index is 0.110. The van der Waals surface area contributed by atoms with Crippen LogP contribution in [0.1, 0.15) is 46.8 Å². The summed E-state index contributed by atoms with van der Waals surface area (Å²) in [4.78, 5) is 17.7. The normalized spacial score (nSPS) is 17.5. The van der Waals surface area contributed by atoms with E-state index in [1.807, 2.05) is 13.0 Å². The van der Waals surface area contributed by atoms with E-state index in [-0.39, 0.29) is 16.5 Å². The van der Waals surface area contributed by atoms with Gasteiger partial charge in [-0.3, -0.25) is 9.48 Å². The quantitative estimate of drug-likeness (QED) is 0.443. The Morgan fingerprint density at radius 1 is 0.949 bits per heavy atom. The summed E-state index contributed by atoms with van der Waals surface area (Å²) in [7, 11) is -3.91. The number of piperidine rings is 1. The van der Waals surface area contributed by atoms with Crippen molar-refractivity contribution in [3.63, 3.8) is 0 Å². The van der Waals surface area contributed by atoms with Gasteiger partial charge in [-0.15, -0.1) is 0 Å². The maximum atomic E-state index is 13.8. The summed E-state index contributed by atoms with van der Waals surface area (Å²) in [5.41, 5.74) is 5.02. The van der Waals surface area contributed by atoms with Crippen molar-refractivity contribution in [2.75, 3.05) is 44.2 Å². The van der Waals surface area contributed by atoms with Crippen molar-refractivity contribution in [3.8, 4) is 0 Å². The van der Waals surface area contributed by atoms with Crippen LogP contribution in [0.5, 0.6) is 0 Å². The molecule has 2 fully saturated rings. The van der Waals surface area contributed by atoms with Crippen molar-refractivity contribution in [3.05, 3.63) is 77.0 Å². The van der Waals surface area contributed by atoms with E-state index in [1.54, 1.807) is 15.8 Å². The minimum atomic E-state index is -3.91. The molecular formula is C30H39N5O3S. The molecule has 2 aliphatic heterocycles.